The van der Waals surface area contributed by atoms with Gasteiger partial charge < -0.3 is 0 Å². The van der Waals surface area contributed by atoms with Gasteiger partial charge in [-0.2, -0.15) is 13.2 Å². The number of rotatable bonds is 0. The fraction of sp³-hybridized carbons (Fsp3) is 1.00. The average Bonchev–Trinajstić information content (AvgIpc) is 1.59. The summed E-state index contributed by atoms with van der Waals surface area (Å²) in [6.07, 6.45) is 0. The average molecular weight is 298 g/mol. The van der Waals surface area contributed by atoms with Crippen LogP contribution in [0.4, 0.5) is 13.2 Å². The van der Waals surface area contributed by atoms with Crippen molar-refractivity contribution in [1.29, 1.82) is 0 Å². The Kier molecular flexibility index (Phi) is 8.08. The van der Waals surface area contributed by atoms with E-state index in [0.29, 0.717) is 0 Å². The summed E-state index contributed by atoms with van der Waals surface area (Å²) in [5.74, 6) is 0. The van der Waals surface area contributed by atoms with E-state index in [9.17, 15) is 13.2 Å². The van der Waals surface area contributed by atoms with Crippen LogP contribution in [0.15, 0.2) is 0 Å². The third kappa shape index (κ3) is 18.0. The maximum atomic E-state index is 10.6. The molecule has 0 spiro atoms. The van der Waals surface area contributed by atoms with Gasteiger partial charge in [0.15, 0.2) is 0 Å². The summed E-state index contributed by atoms with van der Waals surface area (Å²) in [4.78, 5) is 7.09. The molecule has 0 aromatic heterocycles. The van der Waals surface area contributed by atoms with Crippen LogP contribution in [-0.4, -0.2) is 34.0 Å². The van der Waals surface area contributed by atoms with Crippen LogP contribution in [0, 0.1) is 0 Å². The standard InChI is InChI=1S/CHF3O2S.3CH3.Sn/c2-1(3,4)7(5)6;;;;/h(H,5,6);3*1H3;. The van der Waals surface area contributed by atoms with Crippen molar-refractivity contribution in [1.82, 2.24) is 0 Å². The van der Waals surface area contributed by atoms with Crippen molar-refractivity contribution in [2.45, 2.75) is 20.3 Å². The molecule has 11 heavy (non-hydrogen) atoms. The van der Waals surface area contributed by atoms with Gasteiger partial charge in [-0.25, -0.2) is 4.21 Å². The van der Waals surface area contributed by atoms with E-state index in [0.717, 1.165) is 0 Å². The molecule has 0 saturated heterocycles. The molecule has 0 fully saturated rings. The van der Waals surface area contributed by atoms with Crippen LogP contribution in [0.1, 0.15) is 0 Å². The number of hydrogen-bond donors (Lipinski definition) is 1. The van der Waals surface area contributed by atoms with Gasteiger partial charge in [0.2, 0.25) is 0 Å². The molecule has 2 nitrogen and oxygen atoms in total. The Morgan fingerprint density at radius 2 is 1.36 bits per heavy atom. The summed E-state index contributed by atoms with van der Waals surface area (Å²) >= 11 is -4.23. The van der Waals surface area contributed by atoms with Crippen LogP contribution >= 0.6 is 0 Å². The predicted molar refractivity (Wildman–Crippen MR) is 40.2 cm³/mol. The molecule has 1 radical (unpaired) electrons. The van der Waals surface area contributed by atoms with Gasteiger partial charge in [-0.05, 0) is 0 Å². The zero-order valence-corrected chi connectivity index (χ0v) is 10.1. The first kappa shape index (κ1) is 14.2. The normalized spacial score (nSPS) is 13.8. The van der Waals surface area contributed by atoms with Crippen LogP contribution in [0.3, 0.4) is 0 Å². The molecule has 0 saturated carbocycles. The van der Waals surface area contributed by atoms with Gasteiger partial charge in [-0.1, -0.05) is 0 Å². The first-order valence-corrected chi connectivity index (χ1v) is 12.3. The van der Waals surface area contributed by atoms with E-state index >= 15 is 0 Å². The Morgan fingerprint density at radius 1 is 1.27 bits per heavy atom. The van der Waals surface area contributed by atoms with Crippen LogP contribution in [0.25, 0.3) is 0 Å². The zero-order chi connectivity index (χ0) is 9.65. The van der Waals surface area contributed by atoms with E-state index in [2.05, 4.69) is 14.8 Å². The van der Waals surface area contributed by atoms with E-state index in [-0.39, 0.29) is 0 Å². The molecule has 1 unspecified atom stereocenters. The topological polar surface area (TPSA) is 37.3 Å². The molecule has 0 heterocycles. The fourth-order valence-electron chi connectivity index (χ4n) is 0. The third-order valence-corrected chi connectivity index (χ3v) is 0.594. The van der Waals surface area contributed by atoms with Gasteiger partial charge in [-0.15, -0.1) is 0 Å². The summed E-state index contributed by atoms with van der Waals surface area (Å²) in [5.41, 5.74) is -4.97. The number of halogens is 3. The second-order valence-corrected chi connectivity index (χ2v) is 11.7. The van der Waals surface area contributed by atoms with Crippen molar-refractivity contribution in [2.24, 2.45) is 0 Å². The molecule has 7 heteroatoms. The van der Waals surface area contributed by atoms with Crippen molar-refractivity contribution < 1.29 is 21.9 Å². The van der Waals surface area contributed by atoms with Gasteiger partial charge >= 0.3 is 40.1 Å². The Bertz CT molecular complexity index is 122. The van der Waals surface area contributed by atoms with Crippen molar-refractivity contribution in [3.8, 4) is 0 Å². The van der Waals surface area contributed by atoms with Crippen LogP contribution < -0.4 is 0 Å². The van der Waals surface area contributed by atoms with Crippen molar-refractivity contribution in [3.05, 3.63) is 0 Å². The molecule has 0 aliphatic rings. The molecule has 0 aliphatic carbocycles. The molecule has 0 aromatic rings. The van der Waals surface area contributed by atoms with Crippen LogP contribution in [-0.2, 0) is 11.1 Å². The van der Waals surface area contributed by atoms with Crippen molar-refractivity contribution in [3.63, 3.8) is 0 Å². The van der Waals surface area contributed by atoms with Crippen LogP contribution in [0.2, 0.25) is 14.8 Å². The maximum absolute atomic E-state index is 10.6. The SMILES string of the molecule is O=S(O)C(F)(F)F.[CH3][Sn]([CH3])[CH3]. The van der Waals surface area contributed by atoms with Gasteiger partial charge in [0.25, 0.3) is 11.1 Å². The number of alkyl halides is 3. The summed E-state index contributed by atoms with van der Waals surface area (Å²) in [7, 11) is 0. The molecule has 0 aromatic carbocycles. The van der Waals surface area contributed by atoms with Crippen LogP contribution in [0.5, 0.6) is 0 Å². The Hall–Kier alpha value is 0.699. The molecule has 1 N–H and O–H groups in total. The molecular formula is C4H10F3O2SSn. The third-order valence-electron chi connectivity index (χ3n) is 0.198. The Labute approximate surface area is 73.2 Å². The molecule has 1 atom stereocenters. The predicted octanol–water partition coefficient (Wildman–Crippen LogP) is 2.10. The minimum atomic E-state index is -4.97. The van der Waals surface area contributed by atoms with E-state index in [4.69, 9.17) is 8.76 Å². The van der Waals surface area contributed by atoms with E-state index in [1.165, 1.54) is 0 Å². The monoisotopic (exact) mass is 299 g/mol. The summed E-state index contributed by atoms with van der Waals surface area (Å²) < 4.78 is 48.1. The first-order valence-electron chi connectivity index (χ1n) is 2.62. The Morgan fingerprint density at radius 3 is 1.36 bits per heavy atom. The summed E-state index contributed by atoms with van der Waals surface area (Å²) in [6, 6.07) is 0. The summed E-state index contributed by atoms with van der Waals surface area (Å²) in [5, 5.41) is 0. The molecule has 0 amide bonds. The second-order valence-electron chi connectivity index (χ2n) is 2.19. The molecular weight excluding hydrogens is 288 g/mol. The molecule has 0 aliphatic heterocycles. The van der Waals surface area contributed by atoms with Gasteiger partial charge in [0.05, 0.1) is 0 Å². The van der Waals surface area contributed by atoms with Gasteiger partial charge in [-0.3, -0.25) is 4.55 Å². The molecule has 69 valence electrons. The fourth-order valence-corrected chi connectivity index (χ4v) is 0. The molecule has 0 rings (SSSR count). The first-order chi connectivity index (χ1) is 4.68. The van der Waals surface area contributed by atoms with Gasteiger partial charge in [0, 0.05) is 0 Å². The van der Waals surface area contributed by atoms with Crippen molar-refractivity contribution >= 4 is 30.8 Å². The Balaban J connectivity index is 0. The minimum absolute atomic E-state index is 0.543. The van der Waals surface area contributed by atoms with Crippen molar-refractivity contribution in [2.75, 3.05) is 0 Å². The van der Waals surface area contributed by atoms with E-state index in [1.807, 2.05) is 0 Å². The van der Waals surface area contributed by atoms with E-state index < -0.39 is 36.3 Å². The molecule has 0 bridgehead atoms. The van der Waals surface area contributed by atoms with Gasteiger partial charge in [0.1, 0.15) is 0 Å². The second kappa shape index (κ2) is 6.24. The zero-order valence-electron chi connectivity index (χ0n) is 6.40. The summed E-state index contributed by atoms with van der Waals surface area (Å²) in [6.45, 7) is 0. The van der Waals surface area contributed by atoms with E-state index in [1.54, 1.807) is 0 Å². The quantitative estimate of drug-likeness (QED) is 0.549. The number of hydrogen-bond acceptors (Lipinski definition) is 1.